The number of hydrogen-bond acceptors (Lipinski definition) is 5. The van der Waals surface area contributed by atoms with Crippen LogP contribution in [0.3, 0.4) is 0 Å². The Balaban J connectivity index is 3.38. The van der Waals surface area contributed by atoms with E-state index in [9.17, 15) is 18.5 Å². The molecular weight excluding hydrogens is 318 g/mol. The van der Waals surface area contributed by atoms with Crippen molar-refractivity contribution in [3.05, 3.63) is 33.4 Å². The van der Waals surface area contributed by atoms with E-state index in [2.05, 4.69) is 4.72 Å². The molecule has 0 bridgehead atoms. The van der Waals surface area contributed by atoms with Crippen molar-refractivity contribution < 1.29 is 13.3 Å². The Morgan fingerprint density at radius 2 is 1.83 bits per heavy atom. The van der Waals surface area contributed by atoms with E-state index in [4.69, 9.17) is 5.73 Å². The number of benzene rings is 1. The molecule has 0 aliphatic rings. The fourth-order valence-corrected chi connectivity index (χ4v) is 4.25. The van der Waals surface area contributed by atoms with E-state index >= 15 is 0 Å². The largest absolute Gasteiger partial charge is 0.329 e. The molecule has 0 aliphatic carbocycles. The van der Waals surface area contributed by atoms with E-state index < -0.39 is 26.2 Å². The molecule has 0 aliphatic heterocycles. The number of nitrogens with two attached hydrogens (primary N) is 1. The zero-order valence-corrected chi connectivity index (χ0v) is 15.0. The third-order valence-electron chi connectivity index (χ3n) is 3.75. The van der Waals surface area contributed by atoms with Gasteiger partial charge in [-0.3, -0.25) is 10.1 Å². The molecule has 3 N–H and O–H groups in total. The molecule has 0 amide bonds. The molecule has 1 rings (SSSR count). The van der Waals surface area contributed by atoms with Gasteiger partial charge >= 0.3 is 0 Å². The highest BCUT2D eigenvalue weighted by Crippen LogP contribution is 2.29. The maximum Gasteiger partial charge on any atom is 0.289 e. The average Bonchev–Trinajstić information content (AvgIpc) is 2.39. The summed E-state index contributed by atoms with van der Waals surface area (Å²) in [6.45, 7) is 9.14. The Morgan fingerprint density at radius 3 is 2.26 bits per heavy atom. The molecule has 0 heterocycles. The first-order valence-corrected chi connectivity index (χ1v) is 8.90. The number of hydrogen-bond donors (Lipinski definition) is 2. The van der Waals surface area contributed by atoms with Gasteiger partial charge in [-0.1, -0.05) is 13.8 Å². The van der Waals surface area contributed by atoms with Gasteiger partial charge in [0.1, 0.15) is 0 Å². The minimum absolute atomic E-state index is 0.100. The summed E-state index contributed by atoms with van der Waals surface area (Å²) in [5.74, 6) is 0.223. The van der Waals surface area contributed by atoms with Crippen LogP contribution in [0.15, 0.2) is 17.0 Å². The van der Waals surface area contributed by atoms with Gasteiger partial charge < -0.3 is 5.73 Å². The van der Waals surface area contributed by atoms with Gasteiger partial charge in [-0.2, -0.15) is 0 Å². The molecule has 130 valence electrons. The summed E-state index contributed by atoms with van der Waals surface area (Å²) in [4.78, 5) is 10.2. The molecule has 1 aromatic rings. The van der Waals surface area contributed by atoms with Crippen molar-refractivity contribution in [2.24, 2.45) is 11.7 Å². The normalized spacial score (nSPS) is 14.7. The predicted molar refractivity (Wildman–Crippen MR) is 89.8 cm³/mol. The van der Waals surface area contributed by atoms with Crippen LogP contribution in [0.2, 0.25) is 0 Å². The van der Waals surface area contributed by atoms with Crippen LogP contribution in [0.1, 0.15) is 38.3 Å². The Kier molecular flexibility index (Phi) is 5.89. The predicted octanol–water partition coefficient (Wildman–Crippen LogP) is 2.25. The second-order valence-corrected chi connectivity index (χ2v) is 8.28. The lowest BCUT2D eigenvalue weighted by Crippen LogP contribution is -2.52. The summed E-state index contributed by atoms with van der Waals surface area (Å²) in [6, 6.07) is 2.62. The summed E-state index contributed by atoms with van der Waals surface area (Å²) in [5, 5.41) is 11.2. The zero-order valence-electron chi connectivity index (χ0n) is 14.2. The van der Waals surface area contributed by atoms with E-state index in [0.29, 0.717) is 17.5 Å². The van der Waals surface area contributed by atoms with E-state index in [-0.39, 0.29) is 17.4 Å². The minimum atomic E-state index is -4.06. The lowest BCUT2D eigenvalue weighted by Gasteiger charge is -2.30. The second kappa shape index (κ2) is 6.94. The standard InChI is InChI=1S/C15H25N3O4S/c1-10(2)8-15(5,9-16)17-23(21,22)14-7-12(4)11(3)6-13(14)18(19)20/h6-7,10,17H,8-9,16H2,1-5H3. The number of sulfonamides is 1. The first kappa shape index (κ1) is 19.5. The average molecular weight is 343 g/mol. The molecule has 0 fully saturated rings. The van der Waals surface area contributed by atoms with Crippen LogP contribution in [0.4, 0.5) is 5.69 Å². The number of aryl methyl sites for hydroxylation is 2. The summed E-state index contributed by atoms with van der Waals surface area (Å²) >= 11 is 0. The molecule has 0 saturated heterocycles. The monoisotopic (exact) mass is 343 g/mol. The van der Waals surface area contributed by atoms with Crippen LogP contribution in [0.25, 0.3) is 0 Å². The fraction of sp³-hybridized carbons (Fsp3) is 0.600. The number of rotatable bonds is 7. The fourth-order valence-electron chi connectivity index (χ4n) is 2.58. The molecule has 0 radical (unpaired) electrons. The Bertz CT molecular complexity index is 701. The quantitative estimate of drug-likeness (QED) is 0.582. The number of nitrogens with zero attached hydrogens (tertiary/aromatic N) is 1. The van der Waals surface area contributed by atoms with Crippen LogP contribution >= 0.6 is 0 Å². The summed E-state index contributed by atoms with van der Waals surface area (Å²) in [6.07, 6.45) is 0.529. The van der Waals surface area contributed by atoms with Gasteiger partial charge in [0.2, 0.25) is 10.0 Å². The molecule has 1 atom stereocenters. The lowest BCUT2D eigenvalue weighted by atomic mass is 9.92. The maximum atomic E-state index is 12.7. The molecule has 0 saturated carbocycles. The van der Waals surface area contributed by atoms with Crippen molar-refractivity contribution in [1.82, 2.24) is 4.72 Å². The van der Waals surface area contributed by atoms with Crippen molar-refractivity contribution in [2.75, 3.05) is 6.54 Å². The smallest absolute Gasteiger partial charge is 0.289 e. The Labute approximate surface area is 137 Å². The van der Waals surface area contributed by atoms with Crippen LogP contribution < -0.4 is 10.5 Å². The Morgan fingerprint density at radius 1 is 1.30 bits per heavy atom. The summed E-state index contributed by atoms with van der Waals surface area (Å²) in [7, 11) is -4.06. The lowest BCUT2D eigenvalue weighted by molar-refractivity contribution is -0.387. The van der Waals surface area contributed by atoms with E-state index in [1.165, 1.54) is 12.1 Å². The second-order valence-electron chi connectivity index (χ2n) is 6.63. The van der Waals surface area contributed by atoms with Crippen LogP contribution in [-0.2, 0) is 10.0 Å². The van der Waals surface area contributed by atoms with Crippen molar-refractivity contribution >= 4 is 15.7 Å². The molecule has 7 nitrogen and oxygen atoms in total. The first-order valence-electron chi connectivity index (χ1n) is 7.41. The maximum absolute atomic E-state index is 12.7. The molecule has 0 spiro atoms. The third kappa shape index (κ3) is 4.73. The SMILES string of the molecule is Cc1cc([N+](=O)[O-])c(S(=O)(=O)NC(C)(CN)CC(C)C)cc1C. The van der Waals surface area contributed by atoms with Crippen LogP contribution in [-0.4, -0.2) is 25.4 Å². The van der Waals surface area contributed by atoms with Gasteiger partial charge in [0.15, 0.2) is 4.90 Å². The number of nitro groups is 1. The molecule has 23 heavy (non-hydrogen) atoms. The summed E-state index contributed by atoms with van der Waals surface area (Å²) < 4.78 is 28.0. The molecular formula is C15H25N3O4S. The van der Waals surface area contributed by atoms with Gasteiger partial charge in [0.05, 0.1) is 4.92 Å². The van der Waals surface area contributed by atoms with Crippen molar-refractivity contribution in [3.8, 4) is 0 Å². The molecule has 1 aromatic carbocycles. The molecule has 1 unspecified atom stereocenters. The highest BCUT2D eigenvalue weighted by Gasteiger charge is 2.34. The van der Waals surface area contributed by atoms with E-state index in [0.717, 1.165) is 0 Å². The van der Waals surface area contributed by atoms with Crippen molar-refractivity contribution in [3.63, 3.8) is 0 Å². The van der Waals surface area contributed by atoms with Gasteiger partial charge in [-0.15, -0.1) is 0 Å². The van der Waals surface area contributed by atoms with E-state index in [1.807, 2.05) is 13.8 Å². The van der Waals surface area contributed by atoms with Gasteiger partial charge in [0, 0.05) is 18.2 Å². The first-order chi connectivity index (χ1) is 10.4. The number of nitrogens with one attached hydrogen (secondary N) is 1. The van der Waals surface area contributed by atoms with Gasteiger partial charge in [-0.25, -0.2) is 13.1 Å². The molecule has 0 aromatic heterocycles. The van der Waals surface area contributed by atoms with Crippen LogP contribution in [0, 0.1) is 29.9 Å². The minimum Gasteiger partial charge on any atom is -0.329 e. The Hall–Kier alpha value is -1.51. The highest BCUT2D eigenvalue weighted by molar-refractivity contribution is 7.89. The van der Waals surface area contributed by atoms with Crippen LogP contribution in [0.5, 0.6) is 0 Å². The van der Waals surface area contributed by atoms with Gasteiger partial charge in [-0.05, 0) is 50.3 Å². The topological polar surface area (TPSA) is 115 Å². The third-order valence-corrected chi connectivity index (χ3v) is 5.42. The van der Waals surface area contributed by atoms with Gasteiger partial charge in [0.25, 0.3) is 5.69 Å². The van der Waals surface area contributed by atoms with Crippen molar-refractivity contribution in [2.45, 2.75) is 51.5 Å². The summed E-state index contributed by atoms with van der Waals surface area (Å²) in [5.41, 5.74) is 5.79. The van der Waals surface area contributed by atoms with Crippen molar-refractivity contribution in [1.29, 1.82) is 0 Å². The highest BCUT2D eigenvalue weighted by atomic mass is 32.2. The zero-order chi connectivity index (χ0) is 18.0. The number of nitro benzene ring substituents is 1. The molecule has 8 heteroatoms. The van der Waals surface area contributed by atoms with E-state index in [1.54, 1.807) is 20.8 Å².